The number of fused-ring (bicyclic) bond motifs is 1. The molecule has 1 unspecified atom stereocenters. The molecule has 132 valence electrons. The normalized spacial score (nSPS) is 12.3. The molecule has 0 aliphatic carbocycles. The molecule has 2 aromatic heterocycles. The fourth-order valence-corrected chi connectivity index (χ4v) is 2.97. The Morgan fingerprint density at radius 2 is 2.12 bits per heavy atom. The predicted molar refractivity (Wildman–Crippen MR) is 105 cm³/mol. The van der Waals surface area contributed by atoms with Gasteiger partial charge in [0.1, 0.15) is 5.82 Å². The topological polar surface area (TPSA) is 74.5 Å². The van der Waals surface area contributed by atoms with Crippen molar-refractivity contribution in [3.05, 3.63) is 42.6 Å². The molecule has 0 aliphatic heterocycles. The van der Waals surface area contributed by atoms with Crippen LogP contribution in [0.25, 0.3) is 16.9 Å². The van der Waals surface area contributed by atoms with Gasteiger partial charge >= 0.3 is 0 Å². The van der Waals surface area contributed by atoms with E-state index in [0.717, 1.165) is 40.6 Å². The lowest BCUT2D eigenvalue weighted by molar-refractivity contribution is 0.271. The number of anilines is 2. The molecule has 3 N–H and O–H groups in total. The summed E-state index contributed by atoms with van der Waals surface area (Å²) in [7, 11) is 0. The van der Waals surface area contributed by atoms with Gasteiger partial charge in [0, 0.05) is 17.0 Å². The maximum atomic E-state index is 9.38. The SMILES string of the molecule is CCSNc1cccc(-c2cnc3ccc(NC(CC)CO)nn23)c1. The highest BCUT2D eigenvalue weighted by Gasteiger charge is 2.10. The number of hydrogen-bond acceptors (Lipinski definition) is 6. The van der Waals surface area contributed by atoms with E-state index in [1.165, 1.54) is 0 Å². The fraction of sp³-hybridized carbons (Fsp3) is 0.333. The van der Waals surface area contributed by atoms with Crippen LogP contribution in [0.5, 0.6) is 0 Å². The van der Waals surface area contributed by atoms with Gasteiger partial charge in [-0.05, 0) is 30.7 Å². The first kappa shape index (κ1) is 17.6. The Balaban J connectivity index is 1.94. The lowest BCUT2D eigenvalue weighted by Gasteiger charge is -2.14. The zero-order chi connectivity index (χ0) is 17.6. The van der Waals surface area contributed by atoms with Crippen LogP contribution in [0.2, 0.25) is 0 Å². The number of hydrogen-bond donors (Lipinski definition) is 3. The van der Waals surface area contributed by atoms with Gasteiger partial charge in [0.2, 0.25) is 0 Å². The molecule has 7 heteroatoms. The maximum Gasteiger partial charge on any atom is 0.154 e. The van der Waals surface area contributed by atoms with Crippen LogP contribution in [-0.4, -0.2) is 38.1 Å². The molecular formula is C18H23N5OS. The minimum atomic E-state index is -0.00415. The molecule has 3 rings (SSSR count). The van der Waals surface area contributed by atoms with Gasteiger partial charge in [-0.25, -0.2) is 9.50 Å². The smallest absolute Gasteiger partial charge is 0.154 e. The van der Waals surface area contributed by atoms with Crippen LogP contribution < -0.4 is 10.0 Å². The van der Waals surface area contributed by atoms with Gasteiger partial charge in [-0.1, -0.05) is 37.9 Å². The van der Waals surface area contributed by atoms with E-state index in [4.69, 9.17) is 0 Å². The molecular weight excluding hydrogens is 334 g/mol. The van der Waals surface area contributed by atoms with Crippen LogP contribution in [0, 0.1) is 0 Å². The van der Waals surface area contributed by atoms with Crippen LogP contribution in [-0.2, 0) is 0 Å². The summed E-state index contributed by atoms with van der Waals surface area (Å²) in [6.07, 6.45) is 2.66. The predicted octanol–water partition coefficient (Wildman–Crippen LogP) is 3.66. The van der Waals surface area contributed by atoms with Crippen molar-refractivity contribution >= 4 is 29.1 Å². The van der Waals surface area contributed by atoms with E-state index in [-0.39, 0.29) is 12.6 Å². The van der Waals surface area contributed by atoms with Gasteiger partial charge < -0.3 is 15.1 Å². The summed E-state index contributed by atoms with van der Waals surface area (Å²) in [5.74, 6) is 1.73. The van der Waals surface area contributed by atoms with Crippen LogP contribution in [0.3, 0.4) is 0 Å². The van der Waals surface area contributed by atoms with Crippen molar-refractivity contribution in [2.45, 2.75) is 26.3 Å². The summed E-state index contributed by atoms with van der Waals surface area (Å²) in [5, 5.41) is 17.3. The van der Waals surface area contributed by atoms with E-state index in [1.54, 1.807) is 11.9 Å². The molecule has 6 nitrogen and oxygen atoms in total. The molecule has 0 amide bonds. The molecule has 1 aromatic carbocycles. The number of rotatable bonds is 8. The van der Waals surface area contributed by atoms with Crippen LogP contribution in [0.4, 0.5) is 11.5 Å². The van der Waals surface area contributed by atoms with E-state index < -0.39 is 0 Å². The van der Waals surface area contributed by atoms with E-state index in [1.807, 2.05) is 41.9 Å². The highest BCUT2D eigenvalue weighted by molar-refractivity contribution is 8.00. The summed E-state index contributed by atoms with van der Waals surface area (Å²) in [5.41, 5.74) is 3.83. The number of nitrogens with one attached hydrogen (secondary N) is 2. The van der Waals surface area contributed by atoms with Gasteiger partial charge in [-0.2, -0.15) is 0 Å². The van der Waals surface area contributed by atoms with Crippen molar-refractivity contribution in [3.8, 4) is 11.3 Å². The minimum Gasteiger partial charge on any atom is -0.394 e. The zero-order valence-corrected chi connectivity index (χ0v) is 15.3. The highest BCUT2D eigenvalue weighted by Crippen LogP contribution is 2.25. The maximum absolute atomic E-state index is 9.38. The van der Waals surface area contributed by atoms with Crippen LogP contribution >= 0.6 is 11.9 Å². The molecule has 0 fully saturated rings. The number of aromatic nitrogens is 3. The van der Waals surface area contributed by atoms with Crippen molar-refractivity contribution < 1.29 is 5.11 Å². The summed E-state index contributed by atoms with van der Waals surface area (Å²) in [4.78, 5) is 4.45. The average Bonchev–Trinajstić information content (AvgIpc) is 3.08. The summed E-state index contributed by atoms with van der Waals surface area (Å²) >= 11 is 1.66. The largest absolute Gasteiger partial charge is 0.394 e. The van der Waals surface area contributed by atoms with Gasteiger partial charge in [0.05, 0.1) is 24.5 Å². The van der Waals surface area contributed by atoms with E-state index in [2.05, 4.69) is 39.2 Å². The Hall–Kier alpha value is -2.25. The monoisotopic (exact) mass is 357 g/mol. The van der Waals surface area contributed by atoms with Crippen LogP contribution in [0.1, 0.15) is 20.3 Å². The van der Waals surface area contributed by atoms with E-state index in [9.17, 15) is 5.11 Å². The lowest BCUT2D eigenvalue weighted by atomic mass is 10.1. The Morgan fingerprint density at radius 1 is 1.24 bits per heavy atom. The third-order valence-electron chi connectivity index (χ3n) is 3.92. The molecule has 0 saturated heterocycles. The fourth-order valence-electron chi connectivity index (χ4n) is 2.53. The molecule has 0 bridgehead atoms. The molecule has 0 aliphatic rings. The Morgan fingerprint density at radius 3 is 2.88 bits per heavy atom. The van der Waals surface area contributed by atoms with Crippen molar-refractivity contribution in [3.63, 3.8) is 0 Å². The van der Waals surface area contributed by atoms with Crippen molar-refractivity contribution in [1.29, 1.82) is 0 Å². The number of benzene rings is 1. The third kappa shape index (κ3) is 4.05. The lowest BCUT2D eigenvalue weighted by Crippen LogP contribution is -2.23. The molecule has 0 radical (unpaired) electrons. The van der Waals surface area contributed by atoms with Crippen LogP contribution in [0.15, 0.2) is 42.6 Å². The summed E-state index contributed by atoms with van der Waals surface area (Å²) in [6, 6.07) is 12.0. The van der Waals surface area contributed by atoms with Crippen molar-refractivity contribution in [2.24, 2.45) is 0 Å². The first-order valence-electron chi connectivity index (χ1n) is 8.45. The Bertz CT molecular complexity index is 831. The third-order valence-corrected chi connectivity index (χ3v) is 4.59. The standard InChI is InChI=1S/C18H23N5OS/c1-3-14(12-24)20-17-8-9-18-19-11-16(23(18)21-17)13-6-5-7-15(10-13)22-25-4-2/h5-11,14,22,24H,3-4,12H2,1-2H3,(H,20,21). The second-order valence-corrected chi connectivity index (χ2v) is 6.75. The number of imidazole rings is 1. The molecule has 0 saturated carbocycles. The Labute approximate surface area is 151 Å². The summed E-state index contributed by atoms with van der Waals surface area (Å²) in [6.45, 7) is 4.22. The van der Waals surface area contributed by atoms with Crippen molar-refractivity contribution in [2.75, 3.05) is 22.4 Å². The molecule has 2 heterocycles. The first-order chi connectivity index (χ1) is 12.2. The van der Waals surface area contributed by atoms with Crippen molar-refractivity contribution in [1.82, 2.24) is 14.6 Å². The minimum absolute atomic E-state index is 0.00415. The number of aliphatic hydroxyl groups is 1. The molecule has 25 heavy (non-hydrogen) atoms. The first-order valence-corrected chi connectivity index (χ1v) is 9.44. The molecule has 1 atom stereocenters. The second-order valence-electron chi connectivity index (χ2n) is 5.68. The zero-order valence-electron chi connectivity index (χ0n) is 14.4. The summed E-state index contributed by atoms with van der Waals surface area (Å²) < 4.78 is 5.16. The second kappa shape index (κ2) is 8.22. The molecule has 0 spiro atoms. The average molecular weight is 357 g/mol. The van der Waals surface area contributed by atoms with Gasteiger partial charge in [-0.15, -0.1) is 5.10 Å². The number of aliphatic hydroxyl groups excluding tert-OH is 1. The van der Waals surface area contributed by atoms with E-state index >= 15 is 0 Å². The Kier molecular flexibility index (Phi) is 5.78. The van der Waals surface area contributed by atoms with Gasteiger partial charge in [0.15, 0.2) is 5.65 Å². The van der Waals surface area contributed by atoms with Gasteiger partial charge in [-0.3, -0.25) is 0 Å². The quantitative estimate of drug-likeness (QED) is 0.534. The highest BCUT2D eigenvalue weighted by atomic mass is 32.2. The number of nitrogens with zero attached hydrogens (tertiary/aromatic N) is 3. The van der Waals surface area contributed by atoms with Gasteiger partial charge in [0.25, 0.3) is 0 Å². The molecule has 3 aromatic rings. The van der Waals surface area contributed by atoms with E-state index in [0.29, 0.717) is 0 Å².